The summed E-state index contributed by atoms with van der Waals surface area (Å²) in [5, 5.41) is 2.87. The molecule has 1 amide bonds. The van der Waals surface area contributed by atoms with E-state index in [0.29, 0.717) is 12.2 Å². The highest BCUT2D eigenvalue weighted by Gasteiger charge is 2.04. The number of hydrogen-bond donors (Lipinski definition) is 2. The summed E-state index contributed by atoms with van der Waals surface area (Å²) in [4.78, 5) is 11.8. The molecule has 0 fully saturated rings. The van der Waals surface area contributed by atoms with Crippen molar-refractivity contribution in [1.82, 2.24) is 0 Å². The Morgan fingerprint density at radius 2 is 2.00 bits per heavy atom. The number of halogens is 1. The standard InChI is InChI=1S/C14H21BrN2O2/c1-19-13-9-11(15)8-12(10-13)17-14(18)6-4-2-3-5-7-16/h8-10H,2-7,16H2,1H3,(H,17,18). The predicted octanol–water partition coefficient (Wildman–Crippen LogP) is 3.31. The van der Waals surface area contributed by atoms with Gasteiger partial charge in [-0.15, -0.1) is 0 Å². The number of benzene rings is 1. The van der Waals surface area contributed by atoms with Gasteiger partial charge in [-0.1, -0.05) is 28.8 Å². The molecule has 1 aromatic rings. The fourth-order valence-corrected chi connectivity index (χ4v) is 2.23. The van der Waals surface area contributed by atoms with Gasteiger partial charge in [-0.3, -0.25) is 4.79 Å². The Morgan fingerprint density at radius 1 is 1.26 bits per heavy atom. The van der Waals surface area contributed by atoms with Crippen LogP contribution in [0.25, 0.3) is 0 Å². The third kappa shape index (κ3) is 6.59. The van der Waals surface area contributed by atoms with E-state index in [4.69, 9.17) is 10.5 Å². The molecule has 1 aromatic carbocycles. The van der Waals surface area contributed by atoms with Crippen molar-refractivity contribution < 1.29 is 9.53 Å². The maximum absolute atomic E-state index is 11.8. The molecule has 0 aliphatic heterocycles. The molecule has 106 valence electrons. The third-order valence-corrected chi connectivity index (χ3v) is 3.21. The van der Waals surface area contributed by atoms with Crippen molar-refractivity contribution in [1.29, 1.82) is 0 Å². The molecular weight excluding hydrogens is 308 g/mol. The monoisotopic (exact) mass is 328 g/mol. The third-order valence-electron chi connectivity index (χ3n) is 2.75. The van der Waals surface area contributed by atoms with Crippen LogP contribution in [0, 0.1) is 0 Å². The molecule has 0 aliphatic carbocycles. The number of ether oxygens (including phenoxy) is 1. The molecule has 0 heterocycles. The summed E-state index contributed by atoms with van der Waals surface area (Å²) >= 11 is 3.38. The topological polar surface area (TPSA) is 64.3 Å². The van der Waals surface area contributed by atoms with Crippen molar-refractivity contribution in [3.8, 4) is 5.75 Å². The fraction of sp³-hybridized carbons (Fsp3) is 0.500. The zero-order chi connectivity index (χ0) is 14.1. The first-order valence-corrected chi connectivity index (χ1v) is 7.29. The summed E-state index contributed by atoms with van der Waals surface area (Å²) in [7, 11) is 1.60. The number of amides is 1. The first-order chi connectivity index (χ1) is 9.15. The van der Waals surface area contributed by atoms with Gasteiger partial charge in [-0.2, -0.15) is 0 Å². The van der Waals surface area contributed by atoms with E-state index >= 15 is 0 Å². The van der Waals surface area contributed by atoms with Gasteiger partial charge in [0.2, 0.25) is 5.91 Å². The summed E-state index contributed by atoms with van der Waals surface area (Å²) < 4.78 is 6.03. The van der Waals surface area contributed by atoms with E-state index in [9.17, 15) is 4.79 Å². The van der Waals surface area contributed by atoms with Crippen molar-refractivity contribution in [2.24, 2.45) is 5.73 Å². The molecule has 19 heavy (non-hydrogen) atoms. The Kier molecular flexibility index (Phi) is 7.52. The Balaban J connectivity index is 2.37. The van der Waals surface area contributed by atoms with Crippen molar-refractivity contribution in [3.63, 3.8) is 0 Å². The Morgan fingerprint density at radius 3 is 2.68 bits per heavy atom. The molecule has 0 bridgehead atoms. The SMILES string of the molecule is COc1cc(Br)cc(NC(=O)CCCCCCN)c1. The number of nitrogens with two attached hydrogens (primary N) is 1. The molecule has 0 spiro atoms. The Labute approximate surface area is 122 Å². The van der Waals surface area contributed by atoms with Gasteiger partial charge in [0.1, 0.15) is 5.75 Å². The highest BCUT2D eigenvalue weighted by Crippen LogP contribution is 2.24. The zero-order valence-electron chi connectivity index (χ0n) is 11.2. The van der Waals surface area contributed by atoms with Gasteiger partial charge in [0.15, 0.2) is 0 Å². The van der Waals surface area contributed by atoms with Crippen LogP contribution in [0.15, 0.2) is 22.7 Å². The number of rotatable bonds is 8. The number of methoxy groups -OCH3 is 1. The van der Waals surface area contributed by atoms with Crippen LogP contribution in [0.4, 0.5) is 5.69 Å². The zero-order valence-corrected chi connectivity index (χ0v) is 12.8. The van der Waals surface area contributed by atoms with Crippen LogP contribution in [0.5, 0.6) is 5.75 Å². The highest BCUT2D eigenvalue weighted by atomic mass is 79.9. The molecule has 0 aromatic heterocycles. The molecule has 0 radical (unpaired) electrons. The van der Waals surface area contributed by atoms with Gasteiger partial charge in [0, 0.05) is 22.6 Å². The van der Waals surface area contributed by atoms with E-state index in [1.165, 1.54) is 0 Å². The molecule has 0 aliphatic rings. The second kappa shape index (κ2) is 8.93. The number of hydrogen-bond acceptors (Lipinski definition) is 3. The average Bonchev–Trinajstić information content (AvgIpc) is 2.37. The molecule has 3 N–H and O–H groups in total. The molecule has 0 atom stereocenters. The molecular formula is C14H21BrN2O2. The summed E-state index contributed by atoms with van der Waals surface area (Å²) in [5.74, 6) is 0.750. The average molecular weight is 329 g/mol. The maximum Gasteiger partial charge on any atom is 0.224 e. The molecule has 0 unspecified atom stereocenters. The van der Waals surface area contributed by atoms with Gasteiger partial charge in [-0.25, -0.2) is 0 Å². The lowest BCUT2D eigenvalue weighted by Crippen LogP contribution is -2.11. The highest BCUT2D eigenvalue weighted by molar-refractivity contribution is 9.10. The van der Waals surface area contributed by atoms with Crippen LogP contribution in [-0.4, -0.2) is 19.6 Å². The summed E-state index contributed by atoms with van der Waals surface area (Å²) in [5.41, 5.74) is 6.17. The quantitative estimate of drug-likeness (QED) is 0.719. The van der Waals surface area contributed by atoms with Gasteiger partial charge < -0.3 is 15.8 Å². The van der Waals surface area contributed by atoms with Crippen molar-refractivity contribution >= 4 is 27.5 Å². The predicted molar refractivity (Wildman–Crippen MR) is 81.5 cm³/mol. The Bertz CT molecular complexity index is 410. The lowest BCUT2D eigenvalue weighted by atomic mass is 10.1. The maximum atomic E-state index is 11.8. The molecule has 0 saturated heterocycles. The molecule has 1 rings (SSSR count). The summed E-state index contributed by atoms with van der Waals surface area (Å²) in [6, 6.07) is 5.51. The van der Waals surface area contributed by atoms with Crippen molar-refractivity contribution in [2.45, 2.75) is 32.1 Å². The van der Waals surface area contributed by atoms with Crippen LogP contribution in [0.2, 0.25) is 0 Å². The number of anilines is 1. The smallest absolute Gasteiger partial charge is 0.224 e. The number of unbranched alkanes of at least 4 members (excludes halogenated alkanes) is 3. The van der Waals surface area contributed by atoms with E-state index in [-0.39, 0.29) is 5.91 Å². The number of carbonyl (C=O) groups excluding carboxylic acids is 1. The van der Waals surface area contributed by atoms with E-state index in [0.717, 1.165) is 42.4 Å². The van der Waals surface area contributed by atoms with E-state index < -0.39 is 0 Å². The van der Waals surface area contributed by atoms with Gasteiger partial charge in [-0.05, 0) is 31.5 Å². The van der Waals surface area contributed by atoms with Crippen LogP contribution >= 0.6 is 15.9 Å². The van der Waals surface area contributed by atoms with Crippen LogP contribution in [0.1, 0.15) is 32.1 Å². The van der Waals surface area contributed by atoms with Crippen LogP contribution in [0.3, 0.4) is 0 Å². The molecule has 4 nitrogen and oxygen atoms in total. The summed E-state index contributed by atoms with van der Waals surface area (Å²) in [6.45, 7) is 0.726. The number of carbonyl (C=O) groups is 1. The number of nitrogens with one attached hydrogen (secondary N) is 1. The van der Waals surface area contributed by atoms with Crippen LogP contribution < -0.4 is 15.8 Å². The normalized spacial score (nSPS) is 10.3. The minimum absolute atomic E-state index is 0.0351. The first kappa shape index (κ1) is 16.0. The van der Waals surface area contributed by atoms with E-state index in [1.807, 2.05) is 12.1 Å². The lowest BCUT2D eigenvalue weighted by Gasteiger charge is -2.08. The van der Waals surface area contributed by atoms with Gasteiger partial charge in [0.25, 0.3) is 0 Å². The lowest BCUT2D eigenvalue weighted by molar-refractivity contribution is -0.116. The second-order valence-electron chi connectivity index (χ2n) is 4.38. The van der Waals surface area contributed by atoms with Crippen LogP contribution in [-0.2, 0) is 4.79 Å². The first-order valence-electron chi connectivity index (χ1n) is 6.50. The van der Waals surface area contributed by atoms with Gasteiger partial charge >= 0.3 is 0 Å². The largest absolute Gasteiger partial charge is 0.497 e. The molecule has 5 heteroatoms. The minimum atomic E-state index is 0.0351. The van der Waals surface area contributed by atoms with E-state index in [2.05, 4.69) is 21.2 Å². The van der Waals surface area contributed by atoms with Crippen molar-refractivity contribution in [2.75, 3.05) is 19.0 Å². The fourth-order valence-electron chi connectivity index (χ4n) is 1.76. The minimum Gasteiger partial charge on any atom is -0.497 e. The van der Waals surface area contributed by atoms with Gasteiger partial charge in [0.05, 0.1) is 7.11 Å². The summed E-state index contributed by atoms with van der Waals surface area (Å²) in [6.07, 6.45) is 4.61. The molecule has 0 saturated carbocycles. The second-order valence-corrected chi connectivity index (χ2v) is 5.30. The van der Waals surface area contributed by atoms with E-state index in [1.54, 1.807) is 13.2 Å². The van der Waals surface area contributed by atoms with Crippen molar-refractivity contribution in [3.05, 3.63) is 22.7 Å². The Hall–Kier alpha value is -1.07.